The SMILES string of the molecule is CNc1nc(C(C)(C)C)nc(NCCCS(C)=O)c1C. The first-order valence-electron chi connectivity index (χ1n) is 6.86. The maximum absolute atomic E-state index is 11.1. The molecule has 5 nitrogen and oxygen atoms in total. The Balaban J connectivity index is 2.91. The monoisotopic (exact) mass is 298 g/mol. The zero-order valence-electron chi connectivity index (χ0n) is 13.3. The van der Waals surface area contributed by atoms with Gasteiger partial charge in [-0.15, -0.1) is 0 Å². The second kappa shape index (κ2) is 7.02. The minimum absolute atomic E-state index is 0.0966. The van der Waals surface area contributed by atoms with Crippen LogP contribution < -0.4 is 10.6 Å². The van der Waals surface area contributed by atoms with E-state index in [2.05, 4.69) is 41.4 Å². The van der Waals surface area contributed by atoms with E-state index in [-0.39, 0.29) is 5.41 Å². The predicted octanol–water partition coefficient (Wildman–Crippen LogP) is 2.30. The van der Waals surface area contributed by atoms with E-state index in [4.69, 9.17) is 0 Å². The molecule has 114 valence electrons. The van der Waals surface area contributed by atoms with Crippen molar-refractivity contribution in [2.24, 2.45) is 0 Å². The van der Waals surface area contributed by atoms with E-state index >= 15 is 0 Å². The number of hydrogen-bond donors (Lipinski definition) is 2. The molecule has 0 spiro atoms. The normalized spacial score (nSPS) is 13.1. The molecular weight excluding hydrogens is 272 g/mol. The van der Waals surface area contributed by atoms with Gasteiger partial charge in [-0.1, -0.05) is 20.8 Å². The van der Waals surface area contributed by atoms with Gasteiger partial charge in [-0.25, -0.2) is 9.97 Å². The molecule has 0 aromatic carbocycles. The van der Waals surface area contributed by atoms with Crippen LogP contribution >= 0.6 is 0 Å². The summed E-state index contributed by atoms with van der Waals surface area (Å²) in [4.78, 5) is 9.20. The van der Waals surface area contributed by atoms with Gasteiger partial charge < -0.3 is 10.6 Å². The van der Waals surface area contributed by atoms with Gasteiger partial charge >= 0.3 is 0 Å². The van der Waals surface area contributed by atoms with Crippen LogP contribution in [0, 0.1) is 6.92 Å². The lowest BCUT2D eigenvalue weighted by Crippen LogP contribution is -2.20. The molecule has 1 aromatic rings. The fourth-order valence-electron chi connectivity index (χ4n) is 1.75. The second-order valence-electron chi connectivity index (χ2n) is 5.93. The summed E-state index contributed by atoms with van der Waals surface area (Å²) in [5, 5.41) is 6.45. The maximum Gasteiger partial charge on any atom is 0.138 e. The molecular formula is C14H26N4OS. The molecule has 0 bridgehead atoms. The Morgan fingerprint density at radius 1 is 1.20 bits per heavy atom. The average molecular weight is 298 g/mol. The third-order valence-electron chi connectivity index (χ3n) is 2.95. The van der Waals surface area contributed by atoms with Crippen molar-refractivity contribution in [3.05, 3.63) is 11.4 Å². The molecule has 1 unspecified atom stereocenters. The third kappa shape index (κ3) is 4.74. The lowest BCUT2D eigenvalue weighted by molar-refractivity contribution is 0.546. The minimum Gasteiger partial charge on any atom is -0.373 e. The van der Waals surface area contributed by atoms with Crippen LogP contribution in [-0.4, -0.2) is 39.8 Å². The standard InChI is InChI=1S/C14H26N4OS/c1-10-11(15-5)17-13(14(2,3)4)18-12(10)16-8-7-9-20(6)19/h7-9H2,1-6H3,(H2,15,16,17,18). The van der Waals surface area contributed by atoms with E-state index in [1.165, 1.54) is 0 Å². The summed E-state index contributed by atoms with van der Waals surface area (Å²) in [7, 11) is 1.13. The van der Waals surface area contributed by atoms with Gasteiger partial charge in [-0.3, -0.25) is 4.21 Å². The molecule has 6 heteroatoms. The Bertz CT molecular complexity index is 483. The molecule has 1 rings (SSSR count). The summed E-state index contributed by atoms with van der Waals surface area (Å²) in [5.74, 6) is 3.24. The van der Waals surface area contributed by atoms with E-state index in [1.54, 1.807) is 6.26 Å². The fraction of sp³-hybridized carbons (Fsp3) is 0.714. The molecule has 0 aliphatic carbocycles. The lowest BCUT2D eigenvalue weighted by Gasteiger charge is -2.20. The van der Waals surface area contributed by atoms with Crippen molar-refractivity contribution < 1.29 is 4.21 Å². The zero-order chi connectivity index (χ0) is 15.3. The van der Waals surface area contributed by atoms with Crippen LogP contribution in [0.25, 0.3) is 0 Å². The van der Waals surface area contributed by atoms with Crippen molar-refractivity contribution in [2.45, 2.75) is 39.5 Å². The van der Waals surface area contributed by atoms with Crippen molar-refractivity contribution in [2.75, 3.05) is 36.2 Å². The Labute approximate surface area is 124 Å². The first-order chi connectivity index (χ1) is 9.25. The Morgan fingerprint density at radius 3 is 2.30 bits per heavy atom. The second-order valence-corrected chi connectivity index (χ2v) is 7.48. The summed E-state index contributed by atoms with van der Waals surface area (Å²) in [6.07, 6.45) is 2.60. The molecule has 1 heterocycles. The molecule has 0 radical (unpaired) electrons. The Morgan fingerprint density at radius 2 is 1.80 bits per heavy atom. The zero-order valence-corrected chi connectivity index (χ0v) is 14.1. The quantitative estimate of drug-likeness (QED) is 0.789. The number of rotatable bonds is 6. The van der Waals surface area contributed by atoms with E-state index in [0.717, 1.165) is 36.0 Å². The molecule has 2 N–H and O–H groups in total. The van der Waals surface area contributed by atoms with Crippen LogP contribution in [0.1, 0.15) is 38.6 Å². The van der Waals surface area contributed by atoms with Crippen LogP contribution in [0.2, 0.25) is 0 Å². The molecule has 0 saturated heterocycles. The fourth-order valence-corrected chi connectivity index (χ4v) is 2.30. The van der Waals surface area contributed by atoms with Gasteiger partial charge in [0, 0.05) is 47.4 Å². The van der Waals surface area contributed by atoms with Gasteiger partial charge in [0.25, 0.3) is 0 Å². The van der Waals surface area contributed by atoms with Crippen LogP contribution in [0.15, 0.2) is 0 Å². The van der Waals surface area contributed by atoms with Gasteiger partial charge in [0.05, 0.1) is 0 Å². The smallest absolute Gasteiger partial charge is 0.138 e. The average Bonchev–Trinajstić information content (AvgIpc) is 2.34. The molecule has 0 amide bonds. The number of aromatic nitrogens is 2. The van der Waals surface area contributed by atoms with E-state index < -0.39 is 10.8 Å². The highest BCUT2D eigenvalue weighted by atomic mass is 32.2. The minimum atomic E-state index is -0.738. The first kappa shape index (κ1) is 16.9. The third-order valence-corrected chi connectivity index (χ3v) is 3.82. The largest absolute Gasteiger partial charge is 0.373 e. The predicted molar refractivity (Wildman–Crippen MR) is 87.1 cm³/mol. The van der Waals surface area contributed by atoms with Gasteiger partial charge in [0.2, 0.25) is 0 Å². The van der Waals surface area contributed by atoms with Crippen LogP contribution in [0.5, 0.6) is 0 Å². The topological polar surface area (TPSA) is 66.9 Å². The van der Waals surface area contributed by atoms with Crippen LogP contribution in [0.3, 0.4) is 0 Å². The summed E-state index contributed by atoms with van der Waals surface area (Å²) in [5.41, 5.74) is 0.916. The summed E-state index contributed by atoms with van der Waals surface area (Å²) in [6, 6.07) is 0. The highest BCUT2D eigenvalue weighted by Crippen LogP contribution is 2.25. The molecule has 20 heavy (non-hydrogen) atoms. The first-order valence-corrected chi connectivity index (χ1v) is 8.59. The Kier molecular flexibility index (Phi) is 5.92. The number of nitrogens with one attached hydrogen (secondary N) is 2. The van der Waals surface area contributed by atoms with Crippen LogP contribution in [0.4, 0.5) is 11.6 Å². The van der Waals surface area contributed by atoms with Crippen molar-refractivity contribution in [3.63, 3.8) is 0 Å². The molecule has 0 aliphatic heterocycles. The summed E-state index contributed by atoms with van der Waals surface area (Å²) < 4.78 is 11.1. The highest BCUT2D eigenvalue weighted by molar-refractivity contribution is 7.84. The van der Waals surface area contributed by atoms with Gasteiger partial charge in [0.15, 0.2) is 0 Å². The highest BCUT2D eigenvalue weighted by Gasteiger charge is 2.20. The van der Waals surface area contributed by atoms with E-state index in [0.29, 0.717) is 5.75 Å². The van der Waals surface area contributed by atoms with Crippen molar-refractivity contribution in [1.82, 2.24) is 9.97 Å². The van der Waals surface area contributed by atoms with Gasteiger partial charge in [-0.2, -0.15) is 0 Å². The number of anilines is 2. The number of hydrogen-bond acceptors (Lipinski definition) is 5. The lowest BCUT2D eigenvalue weighted by atomic mass is 9.95. The van der Waals surface area contributed by atoms with Gasteiger partial charge in [-0.05, 0) is 13.3 Å². The molecule has 0 aliphatic rings. The van der Waals surface area contributed by atoms with E-state index in [9.17, 15) is 4.21 Å². The Hall–Kier alpha value is -1.17. The molecule has 0 fully saturated rings. The maximum atomic E-state index is 11.1. The van der Waals surface area contributed by atoms with E-state index in [1.807, 2.05) is 14.0 Å². The molecule has 1 atom stereocenters. The summed E-state index contributed by atoms with van der Waals surface area (Å²) >= 11 is 0. The molecule has 0 saturated carbocycles. The van der Waals surface area contributed by atoms with Crippen molar-refractivity contribution in [1.29, 1.82) is 0 Å². The van der Waals surface area contributed by atoms with Crippen molar-refractivity contribution >= 4 is 22.4 Å². The summed E-state index contributed by atoms with van der Waals surface area (Å²) in [6.45, 7) is 9.06. The van der Waals surface area contributed by atoms with Gasteiger partial charge in [0.1, 0.15) is 17.5 Å². The molecule has 1 aromatic heterocycles. The van der Waals surface area contributed by atoms with Crippen LogP contribution in [-0.2, 0) is 16.2 Å². The number of nitrogens with zero attached hydrogens (tertiary/aromatic N) is 2. The van der Waals surface area contributed by atoms with Crippen molar-refractivity contribution in [3.8, 4) is 0 Å².